The first kappa shape index (κ1) is 12.6. The van der Waals surface area contributed by atoms with Gasteiger partial charge in [0.15, 0.2) is 0 Å². The number of imidazole rings is 1. The van der Waals surface area contributed by atoms with Crippen LogP contribution in [0.3, 0.4) is 0 Å². The Morgan fingerprint density at radius 3 is 2.88 bits per heavy atom. The van der Waals surface area contributed by atoms with Crippen LogP contribution in [0, 0.1) is 5.92 Å². The van der Waals surface area contributed by atoms with Crippen molar-refractivity contribution in [2.24, 2.45) is 13.0 Å². The van der Waals surface area contributed by atoms with Crippen LogP contribution in [0.1, 0.15) is 18.7 Å². The Labute approximate surface area is 103 Å². The van der Waals surface area contributed by atoms with Crippen molar-refractivity contribution in [3.05, 3.63) is 18.2 Å². The van der Waals surface area contributed by atoms with Crippen molar-refractivity contribution >= 4 is 10.0 Å². The molecule has 0 N–H and O–H groups in total. The van der Waals surface area contributed by atoms with Gasteiger partial charge < -0.3 is 4.57 Å². The summed E-state index contributed by atoms with van der Waals surface area (Å²) in [6, 6.07) is 0. The number of nitrogens with zero attached hydrogens (tertiary/aromatic N) is 3. The zero-order valence-electron chi connectivity index (χ0n) is 10.3. The maximum absolute atomic E-state index is 11.5. The lowest BCUT2D eigenvalue weighted by Gasteiger charge is -2.30. The first-order valence-electron chi connectivity index (χ1n) is 5.88. The average Bonchev–Trinajstić information content (AvgIpc) is 2.64. The molecule has 0 spiro atoms. The summed E-state index contributed by atoms with van der Waals surface area (Å²) < 4.78 is 26.6. The second kappa shape index (κ2) is 4.78. The van der Waals surface area contributed by atoms with Crippen LogP contribution in [-0.2, 0) is 23.5 Å². The number of rotatable bonds is 3. The van der Waals surface area contributed by atoms with Gasteiger partial charge in [0.2, 0.25) is 10.0 Å². The van der Waals surface area contributed by atoms with Gasteiger partial charge in [-0.2, -0.15) is 0 Å². The highest BCUT2D eigenvalue weighted by molar-refractivity contribution is 7.88. The minimum absolute atomic E-state index is 0.388. The Hall–Kier alpha value is -0.880. The van der Waals surface area contributed by atoms with E-state index in [2.05, 4.69) is 4.98 Å². The van der Waals surface area contributed by atoms with Gasteiger partial charge in [-0.25, -0.2) is 17.7 Å². The minimum Gasteiger partial charge on any atom is -0.338 e. The van der Waals surface area contributed by atoms with Crippen LogP contribution in [0.4, 0.5) is 0 Å². The molecule has 2 rings (SSSR count). The molecule has 0 amide bonds. The summed E-state index contributed by atoms with van der Waals surface area (Å²) in [4.78, 5) is 4.29. The van der Waals surface area contributed by atoms with Crippen LogP contribution >= 0.6 is 0 Å². The maximum atomic E-state index is 11.5. The molecular formula is C11H19N3O2S. The molecule has 2 heterocycles. The molecule has 5 nitrogen and oxygen atoms in total. The highest BCUT2D eigenvalue weighted by Crippen LogP contribution is 2.21. The van der Waals surface area contributed by atoms with Crippen molar-refractivity contribution in [3.8, 4) is 0 Å². The van der Waals surface area contributed by atoms with Crippen LogP contribution in [-0.4, -0.2) is 41.6 Å². The summed E-state index contributed by atoms with van der Waals surface area (Å²) >= 11 is 0. The van der Waals surface area contributed by atoms with Gasteiger partial charge in [-0.05, 0) is 18.8 Å². The highest BCUT2D eigenvalue weighted by atomic mass is 32.2. The number of aryl methyl sites for hydroxylation is 1. The average molecular weight is 257 g/mol. The van der Waals surface area contributed by atoms with Gasteiger partial charge in [0.25, 0.3) is 0 Å². The number of hydrogen-bond acceptors (Lipinski definition) is 3. The van der Waals surface area contributed by atoms with Crippen molar-refractivity contribution in [1.82, 2.24) is 13.9 Å². The molecule has 0 aliphatic carbocycles. The molecule has 0 aromatic carbocycles. The second-order valence-electron chi connectivity index (χ2n) is 4.79. The van der Waals surface area contributed by atoms with E-state index in [0.717, 1.165) is 25.1 Å². The molecule has 0 radical (unpaired) electrons. The SMILES string of the molecule is Cn1ccnc1CC1CCCN(S(C)(=O)=O)C1. The van der Waals surface area contributed by atoms with Crippen LogP contribution in [0.25, 0.3) is 0 Å². The van der Waals surface area contributed by atoms with Crippen molar-refractivity contribution < 1.29 is 8.42 Å². The number of piperidine rings is 1. The number of aromatic nitrogens is 2. The van der Waals surface area contributed by atoms with E-state index in [4.69, 9.17) is 0 Å². The van der Waals surface area contributed by atoms with E-state index in [1.54, 1.807) is 10.5 Å². The van der Waals surface area contributed by atoms with Gasteiger partial charge in [0.05, 0.1) is 6.26 Å². The largest absolute Gasteiger partial charge is 0.338 e. The summed E-state index contributed by atoms with van der Waals surface area (Å²) in [6.07, 6.45) is 7.88. The Morgan fingerprint density at radius 1 is 1.53 bits per heavy atom. The van der Waals surface area contributed by atoms with Gasteiger partial charge in [-0.1, -0.05) is 0 Å². The van der Waals surface area contributed by atoms with E-state index >= 15 is 0 Å². The van der Waals surface area contributed by atoms with Crippen LogP contribution in [0.5, 0.6) is 0 Å². The summed E-state index contributed by atoms with van der Waals surface area (Å²) in [5, 5.41) is 0. The second-order valence-corrected chi connectivity index (χ2v) is 6.77. The van der Waals surface area contributed by atoms with Gasteiger partial charge in [-0.15, -0.1) is 0 Å². The van der Waals surface area contributed by atoms with Crippen LogP contribution in [0.15, 0.2) is 12.4 Å². The van der Waals surface area contributed by atoms with E-state index in [-0.39, 0.29) is 0 Å². The fourth-order valence-corrected chi connectivity index (χ4v) is 3.29. The standard InChI is InChI=1S/C11H19N3O2S/c1-13-7-5-12-11(13)8-10-4-3-6-14(9-10)17(2,15)16/h5,7,10H,3-4,6,8-9H2,1-2H3. The molecule has 1 saturated heterocycles. The normalized spacial score (nSPS) is 22.8. The molecule has 1 atom stereocenters. The van der Waals surface area contributed by atoms with Crippen LogP contribution < -0.4 is 0 Å². The van der Waals surface area contributed by atoms with Gasteiger partial charge >= 0.3 is 0 Å². The quantitative estimate of drug-likeness (QED) is 0.798. The third-order valence-corrected chi connectivity index (χ3v) is 4.61. The molecule has 1 unspecified atom stereocenters. The smallest absolute Gasteiger partial charge is 0.211 e. The summed E-state index contributed by atoms with van der Waals surface area (Å²) in [5.41, 5.74) is 0. The Kier molecular flexibility index (Phi) is 3.53. The number of sulfonamides is 1. The molecule has 1 aromatic heterocycles. The topological polar surface area (TPSA) is 55.2 Å². The Balaban J connectivity index is 2.01. The Morgan fingerprint density at radius 2 is 2.29 bits per heavy atom. The minimum atomic E-state index is -3.04. The molecular weight excluding hydrogens is 238 g/mol. The molecule has 96 valence electrons. The fourth-order valence-electron chi connectivity index (χ4n) is 2.35. The van der Waals surface area contributed by atoms with E-state index in [0.29, 0.717) is 19.0 Å². The molecule has 1 aliphatic heterocycles. The van der Waals surface area contributed by atoms with Crippen molar-refractivity contribution in [2.75, 3.05) is 19.3 Å². The Bertz CT molecular complexity index is 481. The summed E-state index contributed by atoms with van der Waals surface area (Å²) in [5.74, 6) is 1.42. The third-order valence-electron chi connectivity index (χ3n) is 3.34. The maximum Gasteiger partial charge on any atom is 0.211 e. The lowest BCUT2D eigenvalue weighted by atomic mass is 9.96. The van der Waals surface area contributed by atoms with E-state index in [1.165, 1.54) is 6.26 Å². The summed E-state index contributed by atoms with van der Waals surface area (Å²) in [6.45, 7) is 1.29. The molecule has 17 heavy (non-hydrogen) atoms. The molecule has 1 aliphatic rings. The van der Waals surface area contributed by atoms with Gasteiger partial charge in [-0.3, -0.25) is 0 Å². The monoisotopic (exact) mass is 257 g/mol. The van der Waals surface area contributed by atoms with E-state index < -0.39 is 10.0 Å². The van der Waals surface area contributed by atoms with Crippen molar-refractivity contribution in [2.45, 2.75) is 19.3 Å². The molecule has 6 heteroatoms. The molecule has 1 aromatic rings. The van der Waals surface area contributed by atoms with Crippen molar-refractivity contribution in [3.63, 3.8) is 0 Å². The number of hydrogen-bond donors (Lipinski definition) is 0. The molecule has 1 fully saturated rings. The predicted molar refractivity (Wildman–Crippen MR) is 66.1 cm³/mol. The lowest BCUT2D eigenvalue weighted by Crippen LogP contribution is -2.40. The highest BCUT2D eigenvalue weighted by Gasteiger charge is 2.26. The van der Waals surface area contributed by atoms with Gasteiger partial charge in [0.1, 0.15) is 5.82 Å². The van der Waals surface area contributed by atoms with E-state index in [9.17, 15) is 8.42 Å². The molecule has 0 saturated carbocycles. The zero-order valence-corrected chi connectivity index (χ0v) is 11.2. The first-order valence-corrected chi connectivity index (χ1v) is 7.73. The first-order chi connectivity index (χ1) is 7.97. The lowest BCUT2D eigenvalue weighted by molar-refractivity contribution is 0.263. The van der Waals surface area contributed by atoms with Crippen molar-refractivity contribution in [1.29, 1.82) is 0 Å². The fraction of sp³-hybridized carbons (Fsp3) is 0.727. The zero-order chi connectivity index (χ0) is 12.5. The summed E-state index contributed by atoms with van der Waals surface area (Å²) in [7, 11) is -1.07. The van der Waals surface area contributed by atoms with Crippen LogP contribution in [0.2, 0.25) is 0 Å². The predicted octanol–water partition coefficient (Wildman–Crippen LogP) is 0.634. The van der Waals surface area contributed by atoms with Gasteiger partial charge in [0, 0.05) is 39.0 Å². The third kappa shape index (κ3) is 3.07. The molecule has 0 bridgehead atoms. The van der Waals surface area contributed by atoms with E-state index in [1.807, 2.05) is 17.8 Å².